The Morgan fingerprint density at radius 1 is 1.45 bits per heavy atom. The molecule has 1 saturated heterocycles. The van der Waals surface area contributed by atoms with Crippen molar-refractivity contribution < 1.29 is 9.66 Å². The van der Waals surface area contributed by atoms with Gasteiger partial charge in [-0.2, -0.15) is 0 Å². The number of ether oxygens (including phenoxy) is 1. The molecular weight excluding hydrogens is 258 g/mol. The first-order valence-electron chi connectivity index (χ1n) is 6.85. The highest BCUT2D eigenvalue weighted by molar-refractivity contribution is 5.43. The average molecular weight is 279 g/mol. The summed E-state index contributed by atoms with van der Waals surface area (Å²) in [5.41, 5.74) is 0.996. The van der Waals surface area contributed by atoms with Crippen molar-refractivity contribution in [2.45, 2.75) is 25.4 Å². The van der Waals surface area contributed by atoms with E-state index in [9.17, 15) is 10.1 Å². The summed E-state index contributed by atoms with van der Waals surface area (Å²) in [5, 5.41) is 14.2. The van der Waals surface area contributed by atoms with Gasteiger partial charge >= 0.3 is 0 Å². The van der Waals surface area contributed by atoms with Crippen LogP contribution >= 0.6 is 0 Å². The number of methoxy groups -OCH3 is 1. The molecule has 6 nitrogen and oxygen atoms in total. The van der Waals surface area contributed by atoms with Crippen LogP contribution in [-0.2, 0) is 6.54 Å². The third-order valence-corrected chi connectivity index (χ3v) is 3.86. The molecule has 0 unspecified atom stereocenters. The molecule has 1 N–H and O–H groups in total. The Labute approximate surface area is 118 Å². The first-order valence-corrected chi connectivity index (χ1v) is 6.85. The zero-order valence-electron chi connectivity index (χ0n) is 12.0. The Balaban J connectivity index is 2.08. The smallest absolute Gasteiger partial charge is 0.270 e. The van der Waals surface area contributed by atoms with Crippen molar-refractivity contribution in [1.82, 2.24) is 10.2 Å². The van der Waals surface area contributed by atoms with Gasteiger partial charge in [0.15, 0.2) is 0 Å². The molecule has 110 valence electrons. The molecule has 6 heteroatoms. The van der Waals surface area contributed by atoms with Gasteiger partial charge in [0.25, 0.3) is 5.69 Å². The van der Waals surface area contributed by atoms with Gasteiger partial charge in [-0.15, -0.1) is 0 Å². The van der Waals surface area contributed by atoms with Crippen molar-refractivity contribution in [3.05, 3.63) is 33.9 Å². The number of non-ortho nitro benzene ring substituents is 1. The molecule has 1 aromatic rings. The Morgan fingerprint density at radius 2 is 2.15 bits per heavy atom. The first-order chi connectivity index (χ1) is 9.63. The number of nitro groups is 1. The number of nitrogens with zero attached hydrogens (tertiary/aromatic N) is 2. The Bertz CT molecular complexity index is 471. The van der Waals surface area contributed by atoms with E-state index in [-0.39, 0.29) is 10.6 Å². The summed E-state index contributed by atoms with van der Waals surface area (Å²) in [6.07, 6.45) is 2.21. The molecule has 2 rings (SSSR count). The van der Waals surface area contributed by atoms with Crippen molar-refractivity contribution in [3.8, 4) is 5.75 Å². The van der Waals surface area contributed by atoms with Gasteiger partial charge in [0.1, 0.15) is 5.75 Å². The van der Waals surface area contributed by atoms with Gasteiger partial charge in [-0.1, -0.05) is 0 Å². The van der Waals surface area contributed by atoms with Crippen molar-refractivity contribution in [2.24, 2.45) is 0 Å². The summed E-state index contributed by atoms with van der Waals surface area (Å²) < 4.78 is 5.30. The van der Waals surface area contributed by atoms with E-state index in [0.29, 0.717) is 18.3 Å². The maximum Gasteiger partial charge on any atom is 0.270 e. The van der Waals surface area contributed by atoms with E-state index in [1.54, 1.807) is 19.2 Å². The highest BCUT2D eigenvalue weighted by atomic mass is 16.6. The van der Waals surface area contributed by atoms with Crippen LogP contribution in [0.15, 0.2) is 18.2 Å². The van der Waals surface area contributed by atoms with Crippen LogP contribution in [0.3, 0.4) is 0 Å². The summed E-state index contributed by atoms with van der Waals surface area (Å²) >= 11 is 0. The molecule has 0 saturated carbocycles. The molecule has 1 aliphatic heterocycles. The summed E-state index contributed by atoms with van der Waals surface area (Å²) in [6, 6.07) is 5.35. The zero-order chi connectivity index (χ0) is 14.5. The number of benzene rings is 1. The van der Waals surface area contributed by atoms with E-state index in [2.05, 4.69) is 10.2 Å². The summed E-state index contributed by atoms with van der Waals surface area (Å²) in [6.45, 7) is 2.69. The van der Waals surface area contributed by atoms with Gasteiger partial charge in [-0.3, -0.25) is 15.0 Å². The predicted octanol–water partition coefficient (Wildman–Crippen LogP) is 1.79. The molecule has 0 bridgehead atoms. The maximum atomic E-state index is 10.9. The Kier molecular flexibility index (Phi) is 4.92. The van der Waals surface area contributed by atoms with Crippen LogP contribution in [-0.4, -0.2) is 43.1 Å². The van der Waals surface area contributed by atoms with Gasteiger partial charge in [0.05, 0.1) is 12.0 Å². The van der Waals surface area contributed by atoms with Crippen LogP contribution in [0.2, 0.25) is 0 Å². The number of hydrogen-bond donors (Lipinski definition) is 1. The number of rotatable bonds is 5. The van der Waals surface area contributed by atoms with Crippen molar-refractivity contribution in [1.29, 1.82) is 0 Å². The second-order valence-corrected chi connectivity index (χ2v) is 5.09. The van der Waals surface area contributed by atoms with E-state index >= 15 is 0 Å². The minimum atomic E-state index is -0.365. The van der Waals surface area contributed by atoms with E-state index < -0.39 is 0 Å². The normalized spacial score (nSPS) is 17.1. The molecule has 0 spiro atoms. The highest BCUT2D eigenvalue weighted by Gasteiger charge is 2.20. The first kappa shape index (κ1) is 14.7. The van der Waals surface area contributed by atoms with Crippen LogP contribution in [0, 0.1) is 10.1 Å². The van der Waals surface area contributed by atoms with Crippen LogP contribution in [0.5, 0.6) is 5.75 Å². The van der Waals surface area contributed by atoms with Gasteiger partial charge in [-0.25, -0.2) is 0 Å². The summed E-state index contributed by atoms with van der Waals surface area (Å²) in [5.74, 6) is 0.714. The van der Waals surface area contributed by atoms with Crippen molar-refractivity contribution in [2.75, 3.05) is 27.2 Å². The second kappa shape index (κ2) is 6.67. The quantitative estimate of drug-likeness (QED) is 0.657. The molecule has 1 heterocycles. The lowest BCUT2D eigenvalue weighted by molar-refractivity contribution is -0.385. The number of nitro benzene ring substituents is 1. The molecule has 1 aromatic carbocycles. The number of hydrogen-bond acceptors (Lipinski definition) is 5. The molecule has 0 amide bonds. The fraction of sp³-hybridized carbons (Fsp3) is 0.571. The largest absolute Gasteiger partial charge is 0.496 e. The number of piperidine rings is 1. The standard InChI is InChI=1S/C14H21N3O3/c1-15-12-5-7-16(8-6-12)10-11-9-13(17(18)19)3-4-14(11)20-2/h3-4,9,12,15H,5-8,10H2,1-2H3. The van der Waals surface area contributed by atoms with E-state index in [4.69, 9.17) is 4.74 Å². The molecule has 0 radical (unpaired) electrons. The third-order valence-electron chi connectivity index (χ3n) is 3.86. The Hall–Kier alpha value is -1.66. The zero-order valence-corrected chi connectivity index (χ0v) is 12.0. The van der Waals surface area contributed by atoms with Crippen LogP contribution in [0.4, 0.5) is 5.69 Å². The van der Waals surface area contributed by atoms with E-state index in [1.807, 2.05) is 7.05 Å². The maximum absolute atomic E-state index is 10.9. The highest BCUT2D eigenvalue weighted by Crippen LogP contribution is 2.26. The molecular formula is C14H21N3O3. The third kappa shape index (κ3) is 3.46. The average Bonchev–Trinajstić information content (AvgIpc) is 2.48. The summed E-state index contributed by atoms with van der Waals surface area (Å²) in [4.78, 5) is 12.8. The lowest BCUT2D eigenvalue weighted by Gasteiger charge is -2.31. The number of likely N-dealkylation sites (tertiary alicyclic amines) is 1. The minimum Gasteiger partial charge on any atom is -0.496 e. The fourth-order valence-electron chi connectivity index (χ4n) is 2.62. The molecule has 20 heavy (non-hydrogen) atoms. The monoisotopic (exact) mass is 279 g/mol. The Morgan fingerprint density at radius 3 is 2.70 bits per heavy atom. The molecule has 1 fully saturated rings. The van der Waals surface area contributed by atoms with Crippen molar-refractivity contribution >= 4 is 5.69 Å². The predicted molar refractivity (Wildman–Crippen MR) is 77.0 cm³/mol. The van der Waals surface area contributed by atoms with Crippen LogP contribution < -0.4 is 10.1 Å². The molecule has 0 aromatic heterocycles. The van der Waals surface area contributed by atoms with Crippen molar-refractivity contribution in [3.63, 3.8) is 0 Å². The molecule has 1 aliphatic rings. The van der Waals surface area contributed by atoms with Gasteiger partial charge in [0, 0.05) is 30.3 Å². The topological polar surface area (TPSA) is 67.6 Å². The minimum absolute atomic E-state index is 0.117. The molecule has 0 atom stereocenters. The van der Waals surface area contributed by atoms with E-state index in [1.165, 1.54) is 6.07 Å². The van der Waals surface area contributed by atoms with Crippen LogP contribution in [0.25, 0.3) is 0 Å². The molecule has 0 aliphatic carbocycles. The number of nitrogens with one attached hydrogen (secondary N) is 1. The SMILES string of the molecule is CNC1CCN(Cc2cc([N+](=O)[O-])ccc2OC)CC1. The second-order valence-electron chi connectivity index (χ2n) is 5.09. The van der Waals surface area contributed by atoms with Gasteiger partial charge in [-0.05, 0) is 39.0 Å². The van der Waals surface area contributed by atoms with Gasteiger partial charge < -0.3 is 10.1 Å². The van der Waals surface area contributed by atoms with E-state index in [0.717, 1.165) is 31.5 Å². The summed E-state index contributed by atoms with van der Waals surface area (Å²) in [7, 11) is 3.59. The van der Waals surface area contributed by atoms with Gasteiger partial charge in [0.2, 0.25) is 0 Å². The van der Waals surface area contributed by atoms with Crippen LogP contribution in [0.1, 0.15) is 18.4 Å². The lowest BCUT2D eigenvalue weighted by atomic mass is 10.0. The fourth-order valence-corrected chi connectivity index (χ4v) is 2.62. The lowest BCUT2D eigenvalue weighted by Crippen LogP contribution is -2.40.